The van der Waals surface area contributed by atoms with Crippen LogP contribution < -0.4 is 0 Å². The second-order valence-electron chi connectivity index (χ2n) is 3.20. The van der Waals surface area contributed by atoms with Crippen molar-refractivity contribution in [3.8, 4) is 0 Å². The SMILES string of the molecule is C.CCCOC(=O)c1ccc(C(=O)OC)cc1. The molecule has 0 unspecified atom stereocenters. The predicted octanol–water partition coefficient (Wildman–Crippen LogP) is 2.68. The molecule has 0 aliphatic rings. The first-order valence-electron chi connectivity index (χ1n) is 5.04. The molecule has 0 N–H and O–H groups in total. The summed E-state index contributed by atoms with van der Waals surface area (Å²) in [5, 5.41) is 0. The zero-order valence-electron chi connectivity index (χ0n) is 9.36. The number of methoxy groups -OCH3 is 1. The van der Waals surface area contributed by atoms with Crippen LogP contribution in [0, 0.1) is 0 Å². The summed E-state index contributed by atoms with van der Waals surface area (Å²) in [6.07, 6.45) is 0.784. The summed E-state index contributed by atoms with van der Waals surface area (Å²) in [5.74, 6) is -0.799. The molecule has 1 aromatic rings. The summed E-state index contributed by atoms with van der Waals surface area (Å²) in [6, 6.07) is 6.16. The third-order valence-electron chi connectivity index (χ3n) is 1.98. The van der Waals surface area contributed by atoms with Crippen molar-refractivity contribution in [2.75, 3.05) is 13.7 Å². The van der Waals surface area contributed by atoms with Gasteiger partial charge >= 0.3 is 11.9 Å². The van der Waals surface area contributed by atoms with E-state index in [0.717, 1.165) is 6.42 Å². The molecule has 0 heterocycles. The zero-order chi connectivity index (χ0) is 12.0. The number of esters is 2. The standard InChI is InChI=1S/C12H14O4.CH4/c1-3-8-16-12(14)10-6-4-9(5-7-10)11(13)15-2;/h4-7H,3,8H2,1-2H3;1H4. The van der Waals surface area contributed by atoms with Crippen LogP contribution in [0.3, 0.4) is 0 Å². The van der Waals surface area contributed by atoms with Crippen molar-refractivity contribution in [3.05, 3.63) is 35.4 Å². The van der Waals surface area contributed by atoms with Crippen molar-refractivity contribution >= 4 is 11.9 Å². The van der Waals surface area contributed by atoms with Crippen LogP contribution in [-0.4, -0.2) is 25.7 Å². The van der Waals surface area contributed by atoms with Crippen molar-refractivity contribution in [2.45, 2.75) is 20.8 Å². The van der Waals surface area contributed by atoms with Crippen molar-refractivity contribution in [2.24, 2.45) is 0 Å². The van der Waals surface area contributed by atoms with E-state index in [4.69, 9.17) is 4.74 Å². The molecule has 0 atom stereocenters. The second-order valence-corrected chi connectivity index (χ2v) is 3.20. The van der Waals surface area contributed by atoms with Gasteiger partial charge in [0.15, 0.2) is 0 Å². The molecule has 0 fully saturated rings. The monoisotopic (exact) mass is 238 g/mol. The fourth-order valence-corrected chi connectivity index (χ4v) is 1.14. The average molecular weight is 238 g/mol. The Labute approximate surface area is 102 Å². The first-order valence-corrected chi connectivity index (χ1v) is 5.04. The minimum Gasteiger partial charge on any atom is -0.465 e. The fraction of sp³-hybridized carbons (Fsp3) is 0.385. The van der Waals surface area contributed by atoms with E-state index in [0.29, 0.717) is 17.7 Å². The number of rotatable bonds is 4. The van der Waals surface area contributed by atoms with Crippen molar-refractivity contribution < 1.29 is 19.1 Å². The van der Waals surface area contributed by atoms with E-state index in [2.05, 4.69) is 4.74 Å². The molecule has 0 bridgehead atoms. The van der Waals surface area contributed by atoms with Crippen molar-refractivity contribution in [1.29, 1.82) is 0 Å². The van der Waals surface area contributed by atoms with Gasteiger partial charge in [-0.15, -0.1) is 0 Å². The lowest BCUT2D eigenvalue weighted by atomic mass is 10.1. The fourth-order valence-electron chi connectivity index (χ4n) is 1.14. The summed E-state index contributed by atoms with van der Waals surface area (Å²) in [6.45, 7) is 2.32. The molecule has 17 heavy (non-hydrogen) atoms. The van der Waals surface area contributed by atoms with Gasteiger partial charge < -0.3 is 9.47 Å². The van der Waals surface area contributed by atoms with Gasteiger partial charge in [0, 0.05) is 0 Å². The van der Waals surface area contributed by atoms with Gasteiger partial charge in [-0.3, -0.25) is 0 Å². The smallest absolute Gasteiger partial charge is 0.338 e. The van der Waals surface area contributed by atoms with Gasteiger partial charge in [0.05, 0.1) is 24.8 Å². The largest absolute Gasteiger partial charge is 0.465 e. The molecular formula is C13H18O4. The number of ether oxygens (including phenoxy) is 2. The Morgan fingerprint density at radius 2 is 1.53 bits per heavy atom. The lowest BCUT2D eigenvalue weighted by Crippen LogP contribution is -2.07. The molecule has 0 aromatic heterocycles. The first-order chi connectivity index (χ1) is 7.69. The van der Waals surface area contributed by atoms with E-state index in [9.17, 15) is 9.59 Å². The number of carbonyl (C=O) groups excluding carboxylic acids is 2. The number of hydrogen-bond donors (Lipinski definition) is 0. The highest BCUT2D eigenvalue weighted by Gasteiger charge is 2.09. The van der Waals surface area contributed by atoms with Gasteiger partial charge in [0.25, 0.3) is 0 Å². The average Bonchev–Trinajstić information content (AvgIpc) is 2.35. The van der Waals surface area contributed by atoms with Crippen LogP contribution in [0.5, 0.6) is 0 Å². The van der Waals surface area contributed by atoms with Gasteiger partial charge in [-0.05, 0) is 30.7 Å². The highest BCUT2D eigenvalue weighted by atomic mass is 16.5. The third kappa shape index (κ3) is 4.26. The van der Waals surface area contributed by atoms with Gasteiger partial charge in [-0.1, -0.05) is 14.4 Å². The maximum Gasteiger partial charge on any atom is 0.338 e. The molecule has 0 aliphatic heterocycles. The van der Waals surface area contributed by atoms with Gasteiger partial charge in [0.2, 0.25) is 0 Å². The topological polar surface area (TPSA) is 52.6 Å². The third-order valence-corrected chi connectivity index (χ3v) is 1.98. The second kappa shape index (κ2) is 7.44. The number of hydrogen-bond acceptors (Lipinski definition) is 4. The van der Waals surface area contributed by atoms with Crippen molar-refractivity contribution in [1.82, 2.24) is 0 Å². The predicted molar refractivity (Wildman–Crippen MR) is 65.1 cm³/mol. The maximum atomic E-state index is 11.4. The minimum atomic E-state index is -0.423. The van der Waals surface area contributed by atoms with Crippen LogP contribution in [0.4, 0.5) is 0 Å². The van der Waals surface area contributed by atoms with E-state index >= 15 is 0 Å². The Kier molecular flexibility index (Phi) is 6.63. The maximum absolute atomic E-state index is 11.4. The first kappa shape index (κ1) is 15.2. The molecule has 94 valence electrons. The molecule has 0 amide bonds. The summed E-state index contributed by atoms with van der Waals surface area (Å²) in [5.41, 5.74) is 0.843. The molecule has 0 saturated carbocycles. The molecule has 1 rings (SSSR count). The normalized spacial score (nSPS) is 9.06. The molecule has 0 saturated heterocycles. The molecular weight excluding hydrogens is 220 g/mol. The van der Waals surface area contributed by atoms with E-state index in [1.54, 1.807) is 12.1 Å². The van der Waals surface area contributed by atoms with Crippen LogP contribution >= 0.6 is 0 Å². The van der Waals surface area contributed by atoms with E-state index in [1.807, 2.05) is 6.92 Å². The molecule has 0 aliphatic carbocycles. The molecule has 0 spiro atoms. The summed E-state index contributed by atoms with van der Waals surface area (Å²) >= 11 is 0. The van der Waals surface area contributed by atoms with Crippen LogP contribution in [0.1, 0.15) is 41.5 Å². The molecule has 1 aromatic carbocycles. The van der Waals surface area contributed by atoms with Crippen LogP contribution in [0.2, 0.25) is 0 Å². The highest BCUT2D eigenvalue weighted by molar-refractivity contribution is 5.93. The summed E-state index contributed by atoms with van der Waals surface area (Å²) in [7, 11) is 1.31. The Hall–Kier alpha value is -1.84. The van der Waals surface area contributed by atoms with E-state index < -0.39 is 5.97 Å². The van der Waals surface area contributed by atoms with Crippen molar-refractivity contribution in [3.63, 3.8) is 0 Å². The lowest BCUT2D eigenvalue weighted by molar-refractivity contribution is 0.0503. The van der Waals surface area contributed by atoms with Crippen LogP contribution in [0.15, 0.2) is 24.3 Å². The summed E-state index contributed by atoms with van der Waals surface area (Å²) < 4.78 is 9.50. The van der Waals surface area contributed by atoms with E-state index in [-0.39, 0.29) is 13.4 Å². The van der Waals surface area contributed by atoms with Gasteiger partial charge in [0.1, 0.15) is 0 Å². The summed E-state index contributed by atoms with van der Waals surface area (Å²) in [4.78, 5) is 22.5. The van der Waals surface area contributed by atoms with E-state index in [1.165, 1.54) is 19.2 Å². The molecule has 4 heteroatoms. The van der Waals surface area contributed by atoms with Gasteiger partial charge in [-0.25, -0.2) is 9.59 Å². The molecule has 0 radical (unpaired) electrons. The molecule has 4 nitrogen and oxygen atoms in total. The zero-order valence-corrected chi connectivity index (χ0v) is 9.36. The number of carbonyl (C=O) groups is 2. The van der Waals surface area contributed by atoms with Gasteiger partial charge in [-0.2, -0.15) is 0 Å². The minimum absolute atomic E-state index is 0. The Bertz CT molecular complexity index is 368. The Balaban J connectivity index is 0.00000256. The highest BCUT2D eigenvalue weighted by Crippen LogP contribution is 2.07. The van der Waals surface area contributed by atoms with Crippen LogP contribution in [-0.2, 0) is 9.47 Å². The lowest BCUT2D eigenvalue weighted by Gasteiger charge is -2.03. The van der Waals surface area contributed by atoms with Crippen LogP contribution in [0.25, 0.3) is 0 Å². The Morgan fingerprint density at radius 3 is 1.94 bits per heavy atom. The Morgan fingerprint density at radius 1 is 1.06 bits per heavy atom. The quantitative estimate of drug-likeness (QED) is 0.757. The number of benzene rings is 1.